The van der Waals surface area contributed by atoms with Crippen LogP contribution in [0.1, 0.15) is 21.5 Å². The van der Waals surface area contributed by atoms with Gasteiger partial charge < -0.3 is 10.1 Å². The van der Waals surface area contributed by atoms with E-state index in [2.05, 4.69) is 10.1 Å². The lowest BCUT2D eigenvalue weighted by Gasteiger charge is -2.08. The van der Waals surface area contributed by atoms with E-state index in [9.17, 15) is 18.0 Å². The molecule has 0 aliphatic heterocycles. The molecule has 6 nitrogen and oxygen atoms in total. The van der Waals surface area contributed by atoms with Crippen molar-refractivity contribution in [3.05, 3.63) is 65.2 Å². The van der Waals surface area contributed by atoms with E-state index in [0.29, 0.717) is 11.3 Å². The molecule has 0 saturated heterocycles. The standard InChI is InChI=1S/C18H19NO5S/c1-13-6-8-16(9-7-13)19-17(20)12-25(22,23)11-14-4-3-5-15(10-14)18(21)24-2/h3-10H,11-12H2,1-2H3,(H,19,20). The van der Waals surface area contributed by atoms with Crippen molar-refractivity contribution in [2.45, 2.75) is 12.7 Å². The molecule has 0 heterocycles. The number of sulfone groups is 1. The minimum absolute atomic E-state index is 0.263. The molecule has 7 heteroatoms. The van der Waals surface area contributed by atoms with Gasteiger partial charge in [0.1, 0.15) is 5.75 Å². The minimum Gasteiger partial charge on any atom is -0.465 e. The predicted molar refractivity (Wildman–Crippen MR) is 95.1 cm³/mol. The van der Waals surface area contributed by atoms with E-state index in [1.807, 2.05) is 19.1 Å². The van der Waals surface area contributed by atoms with Crippen LogP contribution in [0.15, 0.2) is 48.5 Å². The first-order valence-electron chi connectivity index (χ1n) is 7.53. The number of aryl methyl sites for hydroxylation is 1. The lowest BCUT2D eigenvalue weighted by atomic mass is 10.1. The number of carbonyl (C=O) groups excluding carboxylic acids is 2. The first-order valence-corrected chi connectivity index (χ1v) is 9.35. The molecule has 0 aromatic heterocycles. The summed E-state index contributed by atoms with van der Waals surface area (Å²) in [5.41, 5.74) is 2.26. The topological polar surface area (TPSA) is 89.5 Å². The van der Waals surface area contributed by atoms with Gasteiger partial charge in [-0.3, -0.25) is 4.79 Å². The molecule has 0 atom stereocenters. The van der Waals surface area contributed by atoms with Gasteiger partial charge in [0.05, 0.1) is 18.4 Å². The lowest BCUT2D eigenvalue weighted by molar-refractivity contribution is -0.113. The summed E-state index contributed by atoms with van der Waals surface area (Å²) in [4.78, 5) is 23.5. The second kappa shape index (κ2) is 7.94. The Bertz CT molecular complexity index is 873. The van der Waals surface area contributed by atoms with Crippen LogP contribution in [-0.2, 0) is 25.1 Å². The number of esters is 1. The highest BCUT2D eigenvalue weighted by molar-refractivity contribution is 7.91. The van der Waals surface area contributed by atoms with Crippen LogP contribution in [0.5, 0.6) is 0 Å². The molecule has 0 unspecified atom stereocenters. The lowest BCUT2D eigenvalue weighted by Crippen LogP contribution is -2.24. The Morgan fingerprint density at radius 3 is 2.40 bits per heavy atom. The Balaban J connectivity index is 2.02. The second-order valence-electron chi connectivity index (χ2n) is 5.64. The van der Waals surface area contributed by atoms with E-state index in [1.165, 1.54) is 19.2 Å². The largest absolute Gasteiger partial charge is 0.465 e. The molecule has 132 valence electrons. The fourth-order valence-corrected chi connectivity index (χ4v) is 3.51. The van der Waals surface area contributed by atoms with Gasteiger partial charge in [-0.1, -0.05) is 29.8 Å². The van der Waals surface area contributed by atoms with Crippen LogP contribution in [0.2, 0.25) is 0 Å². The van der Waals surface area contributed by atoms with Crippen molar-refractivity contribution in [1.82, 2.24) is 0 Å². The molecule has 2 aromatic carbocycles. The average molecular weight is 361 g/mol. The summed E-state index contributed by atoms with van der Waals surface area (Å²) in [5, 5.41) is 2.56. The Morgan fingerprint density at radius 2 is 1.76 bits per heavy atom. The number of anilines is 1. The molecule has 1 N–H and O–H groups in total. The van der Waals surface area contributed by atoms with Crippen LogP contribution < -0.4 is 5.32 Å². The van der Waals surface area contributed by atoms with Crippen molar-refractivity contribution in [3.8, 4) is 0 Å². The molecular weight excluding hydrogens is 342 g/mol. The fraction of sp³-hybridized carbons (Fsp3) is 0.222. The highest BCUT2D eigenvalue weighted by Gasteiger charge is 2.18. The van der Waals surface area contributed by atoms with Crippen molar-refractivity contribution >= 4 is 27.4 Å². The van der Waals surface area contributed by atoms with Gasteiger partial charge in [0, 0.05) is 5.69 Å². The van der Waals surface area contributed by atoms with Crippen LogP contribution in [0, 0.1) is 6.92 Å². The maximum absolute atomic E-state index is 12.2. The molecule has 0 bridgehead atoms. The van der Waals surface area contributed by atoms with Gasteiger partial charge in [-0.05, 0) is 36.8 Å². The van der Waals surface area contributed by atoms with Crippen LogP contribution in [0.25, 0.3) is 0 Å². The number of hydrogen-bond donors (Lipinski definition) is 1. The zero-order valence-electron chi connectivity index (χ0n) is 14.0. The summed E-state index contributed by atoms with van der Waals surface area (Å²) >= 11 is 0. The van der Waals surface area contributed by atoms with Crippen LogP contribution >= 0.6 is 0 Å². The fourth-order valence-electron chi connectivity index (χ4n) is 2.24. The smallest absolute Gasteiger partial charge is 0.337 e. The molecule has 2 aromatic rings. The van der Waals surface area contributed by atoms with E-state index in [4.69, 9.17) is 0 Å². The van der Waals surface area contributed by atoms with Gasteiger partial charge in [0.25, 0.3) is 0 Å². The van der Waals surface area contributed by atoms with Crippen molar-refractivity contribution in [2.75, 3.05) is 18.2 Å². The van der Waals surface area contributed by atoms with Gasteiger partial charge in [0.15, 0.2) is 9.84 Å². The van der Waals surface area contributed by atoms with Crippen molar-refractivity contribution < 1.29 is 22.7 Å². The number of rotatable bonds is 6. The zero-order chi connectivity index (χ0) is 18.4. The molecule has 0 saturated carbocycles. The molecule has 2 rings (SSSR count). The quantitative estimate of drug-likeness (QED) is 0.798. The number of amides is 1. The van der Waals surface area contributed by atoms with Crippen LogP contribution in [-0.4, -0.2) is 33.2 Å². The summed E-state index contributed by atoms with van der Waals surface area (Å²) in [7, 11) is -2.42. The Morgan fingerprint density at radius 1 is 1.08 bits per heavy atom. The molecule has 0 fully saturated rings. The van der Waals surface area contributed by atoms with Crippen molar-refractivity contribution in [3.63, 3.8) is 0 Å². The third kappa shape index (κ3) is 5.72. The van der Waals surface area contributed by atoms with Gasteiger partial charge >= 0.3 is 5.97 Å². The first-order chi connectivity index (χ1) is 11.8. The van der Waals surface area contributed by atoms with Gasteiger partial charge in [-0.2, -0.15) is 0 Å². The number of ether oxygens (including phenoxy) is 1. The van der Waals surface area contributed by atoms with Crippen LogP contribution in [0.3, 0.4) is 0 Å². The van der Waals surface area contributed by atoms with Gasteiger partial charge in [-0.25, -0.2) is 13.2 Å². The number of carbonyl (C=O) groups is 2. The molecule has 0 aliphatic rings. The molecular formula is C18H19NO5S. The highest BCUT2D eigenvalue weighted by atomic mass is 32.2. The van der Waals surface area contributed by atoms with E-state index in [0.717, 1.165) is 5.56 Å². The number of benzene rings is 2. The summed E-state index contributed by atoms with van der Waals surface area (Å²) in [6.45, 7) is 1.92. The van der Waals surface area contributed by atoms with Crippen LogP contribution in [0.4, 0.5) is 5.69 Å². The van der Waals surface area contributed by atoms with E-state index in [1.54, 1.807) is 24.3 Å². The first kappa shape index (κ1) is 18.7. The average Bonchev–Trinajstić information content (AvgIpc) is 2.55. The summed E-state index contributed by atoms with van der Waals surface area (Å²) < 4.78 is 29.1. The molecule has 0 aliphatic carbocycles. The Labute approximate surface area is 146 Å². The van der Waals surface area contributed by atoms with Crippen molar-refractivity contribution in [2.24, 2.45) is 0 Å². The SMILES string of the molecule is COC(=O)c1cccc(CS(=O)(=O)CC(=O)Nc2ccc(C)cc2)c1. The monoisotopic (exact) mass is 361 g/mol. The van der Waals surface area contributed by atoms with E-state index in [-0.39, 0.29) is 11.3 Å². The molecule has 25 heavy (non-hydrogen) atoms. The molecule has 0 radical (unpaired) electrons. The molecule has 1 amide bonds. The maximum atomic E-state index is 12.2. The van der Waals surface area contributed by atoms with Gasteiger partial charge in [-0.15, -0.1) is 0 Å². The third-order valence-corrected chi connectivity index (χ3v) is 4.90. The van der Waals surface area contributed by atoms with Crippen molar-refractivity contribution in [1.29, 1.82) is 0 Å². The molecule has 0 spiro atoms. The second-order valence-corrected chi connectivity index (χ2v) is 7.70. The number of methoxy groups -OCH3 is 1. The van der Waals surface area contributed by atoms with E-state index >= 15 is 0 Å². The maximum Gasteiger partial charge on any atom is 0.337 e. The number of nitrogens with one attached hydrogen (secondary N) is 1. The Hall–Kier alpha value is -2.67. The summed E-state index contributed by atoms with van der Waals surface area (Å²) in [5.74, 6) is -2.12. The zero-order valence-corrected chi connectivity index (χ0v) is 14.8. The Kier molecular flexibility index (Phi) is 5.93. The summed E-state index contributed by atoms with van der Waals surface area (Å²) in [6, 6.07) is 13.2. The van der Waals surface area contributed by atoms with E-state index < -0.39 is 27.5 Å². The highest BCUT2D eigenvalue weighted by Crippen LogP contribution is 2.12. The predicted octanol–water partition coefficient (Wildman–Crippen LogP) is 2.34. The minimum atomic E-state index is -3.68. The summed E-state index contributed by atoms with van der Waals surface area (Å²) in [6.07, 6.45) is 0. The normalized spacial score (nSPS) is 11.0. The van der Waals surface area contributed by atoms with Gasteiger partial charge in [0.2, 0.25) is 5.91 Å². The third-order valence-electron chi connectivity index (χ3n) is 3.42. The number of hydrogen-bond acceptors (Lipinski definition) is 5.